The van der Waals surface area contributed by atoms with Crippen LogP contribution < -0.4 is 0 Å². The highest BCUT2D eigenvalue weighted by Crippen LogP contribution is 2.63. The van der Waals surface area contributed by atoms with Crippen LogP contribution in [0.2, 0.25) is 5.02 Å². The third-order valence-electron chi connectivity index (χ3n) is 5.80. The average molecular weight is 383 g/mol. The Balaban J connectivity index is 1.86. The van der Waals surface area contributed by atoms with E-state index in [1.54, 1.807) is 0 Å². The SMILES string of the molecule is Clc1ccc2c(c1)Sc1cccc3c1C2(c1ccccc1)c1ccccc1-3. The lowest BCUT2D eigenvalue weighted by atomic mass is 9.67. The van der Waals surface area contributed by atoms with Crippen molar-refractivity contribution in [2.75, 3.05) is 0 Å². The van der Waals surface area contributed by atoms with E-state index in [0.29, 0.717) is 0 Å². The molecule has 0 N–H and O–H groups in total. The van der Waals surface area contributed by atoms with Crippen molar-refractivity contribution in [2.45, 2.75) is 15.2 Å². The predicted octanol–water partition coefficient (Wildman–Crippen LogP) is 7.17. The van der Waals surface area contributed by atoms with Crippen LogP contribution >= 0.6 is 23.4 Å². The van der Waals surface area contributed by atoms with Gasteiger partial charge >= 0.3 is 0 Å². The Morgan fingerprint density at radius 1 is 0.630 bits per heavy atom. The molecule has 128 valence electrons. The van der Waals surface area contributed by atoms with Crippen molar-refractivity contribution in [1.82, 2.24) is 0 Å². The van der Waals surface area contributed by atoms with E-state index in [2.05, 4.69) is 84.9 Å². The van der Waals surface area contributed by atoms with E-state index in [-0.39, 0.29) is 5.41 Å². The first-order chi connectivity index (χ1) is 13.3. The second kappa shape index (κ2) is 5.51. The maximum atomic E-state index is 6.39. The third kappa shape index (κ3) is 1.91. The van der Waals surface area contributed by atoms with Gasteiger partial charge in [0.05, 0.1) is 5.41 Å². The van der Waals surface area contributed by atoms with Crippen LogP contribution in [0.15, 0.2) is 101 Å². The zero-order valence-electron chi connectivity index (χ0n) is 14.4. The molecular weight excluding hydrogens is 368 g/mol. The van der Waals surface area contributed by atoms with Crippen molar-refractivity contribution in [2.24, 2.45) is 0 Å². The van der Waals surface area contributed by atoms with Gasteiger partial charge in [-0.3, -0.25) is 0 Å². The molecule has 0 nitrogen and oxygen atoms in total. The standard InChI is InChI=1S/C25H15ClS/c26-17-13-14-21-23(15-17)27-22-12-6-10-19-18-9-4-5-11-20(18)25(21,24(19)22)16-7-2-1-3-8-16/h1-15H. The predicted molar refractivity (Wildman–Crippen MR) is 113 cm³/mol. The van der Waals surface area contributed by atoms with E-state index in [1.165, 1.54) is 43.2 Å². The number of benzene rings is 4. The molecule has 1 aliphatic carbocycles. The molecule has 6 rings (SSSR count). The molecule has 0 bridgehead atoms. The molecule has 2 heteroatoms. The molecule has 4 aromatic carbocycles. The van der Waals surface area contributed by atoms with Gasteiger partial charge in [0.15, 0.2) is 0 Å². The summed E-state index contributed by atoms with van der Waals surface area (Å²) in [6.07, 6.45) is 0. The summed E-state index contributed by atoms with van der Waals surface area (Å²) in [6.45, 7) is 0. The second-order valence-corrected chi connectivity index (χ2v) is 8.60. The number of hydrogen-bond acceptors (Lipinski definition) is 1. The number of fused-ring (bicyclic) bond motifs is 5. The molecule has 1 heterocycles. The van der Waals surface area contributed by atoms with Crippen LogP contribution in [-0.2, 0) is 5.41 Å². The fourth-order valence-electron chi connectivity index (χ4n) is 4.84. The van der Waals surface area contributed by atoms with Crippen LogP contribution in [0.1, 0.15) is 22.3 Å². The molecule has 1 unspecified atom stereocenters. The van der Waals surface area contributed by atoms with Gasteiger partial charge in [0.1, 0.15) is 0 Å². The highest BCUT2D eigenvalue weighted by Gasteiger charge is 2.50. The summed E-state index contributed by atoms with van der Waals surface area (Å²) in [7, 11) is 0. The van der Waals surface area contributed by atoms with Gasteiger partial charge in [0, 0.05) is 14.8 Å². The summed E-state index contributed by atoms with van der Waals surface area (Å²) in [6, 6.07) is 32.8. The van der Waals surface area contributed by atoms with E-state index in [0.717, 1.165) is 5.02 Å². The van der Waals surface area contributed by atoms with Crippen molar-refractivity contribution >= 4 is 23.4 Å². The molecule has 0 saturated heterocycles. The minimum atomic E-state index is -0.283. The first-order valence-corrected chi connectivity index (χ1v) is 10.3. The van der Waals surface area contributed by atoms with Gasteiger partial charge < -0.3 is 0 Å². The quantitative estimate of drug-likeness (QED) is 0.290. The topological polar surface area (TPSA) is 0 Å². The lowest BCUT2D eigenvalue weighted by Crippen LogP contribution is -2.31. The fraction of sp³-hybridized carbons (Fsp3) is 0.0400. The zero-order chi connectivity index (χ0) is 18.0. The van der Waals surface area contributed by atoms with E-state index in [9.17, 15) is 0 Å². The van der Waals surface area contributed by atoms with Gasteiger partial charge in [0.25, 0.3) is 0 Å². The Labute approximate surface area is 167 Å². The maximum Gasteiger partial charge on any atom is 0.0735 e. The monoisotopic (exact) mass is 382 g/mol. The Morgan fingerprint density at radius 3 is 2.30 bits per heavy atom. The van der Waals surface area contributed by atoms with Crippen molar-refractivity contribution in [3.05, 3.63) is 118 Å². The average Bonchev–Trinajstić information content (AvgIpc) is 3.02. The Kier molecular flexibility index (Phi) is 3.18. The largest absolute Gasteiger partial charge is 0.0893 e. The van der Waals surface area contributed by atoms with E-state index in [4.69, 9.17) is 11.6 Å². The summed E-state index contributed by atoms with van der Waals surface area (Å²) >= 11 is 8.22. The van der Waals surface area contributed by atoms with Crippen LogP contribution in [-0.4, -0.2) is 0 Å². The van der Waals surface area contributed by atoms with Crippen molar-refractivity contribution in [3.8, 4) is 11.1 Å². The minimum absolute atomic E-state index is 0.283. The van der Waals surface area contributed by atoms with Gasteiger partial charge in [0.2, 0.25) is 0 Å². The molecule has 2 aliphatic rings. The van der Waals surface area contributed by atoms with E-state index >= 15 is 0 Å². The van der Waals surface area contributed by atoms with Crippen LogP contribution in [0.25, 0.3) is 11.1 Å². The molecule has 0 amide bonds. The molecular formula is C25H15ClS. The minimum Gasteiger partial charge on any atom is -0.0893 e. The smallest absolute Gasteiger partial charge is 0.0735 e. The molecule has 0 saturated carbocycles. The first kappa shape index (κ1) is 15.6. The van der Waals surface area contributed by atoms with Crippen molar-refractivity contribution < 1.29 is 0 Å². The van der Waals surface area contributed by atoms with Gasteiger partial charge in [-0.2, -0.15) is 0 Å². The molecule has 27 heavy (non-hydrogen) atoms. The van der Waals surface area contributed by atoms with Crippen LogP contribution in [0.3, 0.4) is 0 Å². The van der Waals surface area contributed by atoms with Crippen LogP contribution in [0.5, 0.6) is 0 Å². The molecule has 4 aromatic rings. The molecule has 0 fully saturated rings. The second-order valence-electron chi connectivity index (χ2n) is 7.08. The van der Waals surface area contributed by atoms with Crippen molar-refractivity contribution in [1.29, 1.82) is 0 Å². The normalized spacial score (nSPS) is 18.6. The van der Waals surface area contributed by atoms with E-state index in [1.807, 2.05) is 17.8 Å². The van der Waals surface area contributed by atoms with Gasteiger partial charge in [-0.1, -0.05) is 96.2 Å². The van der Waals surface area contributed by atoms with Gasteiger partial charge in [-0.15, -0.1) is 0 Å². The Hall–Kier alpha value is -2.48. The van der Waals surface area contributed by atoms with Crippen LogP contribution in [0.4, 0.5) is 0 Å². The summed E-state index contributed by atoms with van der Waals surface area (Å²) in [4.78, 5) is 2.56. The molecule has 1 atom stereocenters. The zero-order valence-corrected chi connectivity index (χ0v) is 16.0. The summed E-state index contributed by atoms with van der Waals surface area (Å²) in [5.41, 5.74) is 7.82. The summed E-state index contributed by atoms with van der Waals surface area (Å²) in [5.74, 6) is 0. The van der Waals surface area contributed by atoms with E-state index < -0.39 is 0 Å². The fourth-order valence-corrected chi connectivity index (χ4v) is 6.34. The number of rotatable bonds is 1. The lowest BCUT2D eigenvalue weighted by Gasteiger charge is -2.39. The lowest BCUT2D eigenvalue weighted by molar-refractivity contribution is 0.724. The first-order valence-electron chi connectivity index (χ1n) is 9.07. The molecule has 1 aliphatic heterocycles. The summed E-state index contributed by atoms with van der Waals surface area (Å²) < 4.78 is 0. The highest BCUT2D eigenvalue weighted by atomic mass is 35.5. The Bertz CT molecular complexity index is 1210. The summed E-state index contributed by atoms with van der Waals surface area (Å²) in [5, 5.41) is 0.787. The Morgan fingerprint density at radius 2 is 1.41 bits per heavy atom. The third-order valence-corrected chi connectivity index (χ3v) is 7.15. The maximum absolute atomic E-state index is 6.39. The van der Waals surface area contributed by atoms with Crippen molar-refractivity contribution in [3.63, 3.8) is 0 Å². The number of halogens is 1. The molecule has 0 radical (unpaired) electrons. The molecule has 0 spiro atoms. The van der Waals surface area contributed by atoms with Gasteiger partial charge in [-0.25, -0.2) is 0 Å². The van der Waals surface area contributed by atoms with Gasteiger partial charge in [-0.05, 0) is 51.6 Å². The number of hydrogen-bond donors (Lipinski definition) is 0. The highest BCUT2D eigenvalue weighted by molar-refractivity contribution is 7.99. The van der Waals surface area contributed by atoms with Crippen LogP contribution in [0, 0.1) is 0 Å². The molecule has 0 aromatic heterocycles.